The highest BCUT2D eigenvalue weighted by Gasteiger charge is 2.19. The third-order valence-corrected chi connectivity index (χ3v) is 3.66. The molecule has 0 saturated carbocycles. The lowest BCUT2D eigenvalue weighted by Gasteiger charge is -2.07. The van der Waals surface area contributed by atoms with Gasteiger partial charge in [-0.1, -0.05) is 30.3 Å². The normalized spacial score (nSPS) is 10.3. The zero-order valence-electron chi connectivity index (χ0n) is 14.9. The Kier molecular flexibility index (Phi) is 5.46. The zero-order valence-corrected chi connectivity index (χ0v) is 14.9. The van der Waals surface area contributed by atoms with Crippen molar-refractivity contribution in [3.8, 4) is 22.8 Å². The molecular weight excluding hydrogens is 348 g/mol. The second kappa shape index (κ2) is 8.13. The Morgan fingerprint density at radius 3 is 2.56 bits per heavy atom. The summed E-state index contributed by atoms with van der Waals surface area (Å²) >= 11 is 0. The quantitative estimate of drug-likeness (QED) is 0.550. The van der Waals surface area contributed by atoms with Gasteiger partial charge in [0.2, 0.25) is 5.88 Å². The lowest BCUT2D eigenvalue weighted by molar-refractivity contribution is -0.152. The Balaban J connectivity index is 1.98. The van der Waals surface area contributed by atoms with Gasteiger partial charge in [0.1, 0.15) is 0 Å². The van der Waals surface area contributed by atoms with Crippen molar-refractivity contribution in [2.45, 2.75) is 6.92 Å². The van der Waals surface area contributed by atoms with E-state index in [2.05, 4.69) is 15.4 Å². The van der Waals surface area contributed by atoms with Crippen molar-refractivity contribution in [2.24, 2.45) is 0 Å². The molecule has 0 atom stereocenters. The highest BCUT2D eigenvalue weighted by molar-refractivity contribution is 6.37. The third-order valence-electron chi connectivity index (χ3n) is 3.66. The summed E-state index contributed by atoms with van der Waals surface area (Å²) in [4.78, 5) is 27.7. The average Bonchev–Trinajstić information content (AvgIpc) is 3.12. The number of hydrogen-bond donors (Lipinski definition) is 1. The Bertz CT molecular complexity index is 936. The molecule has 3 aromatic rings. The molecule has 3 rings (SSSR count). The summed E-state index contributed by atoms with van der Waals surface area (Å²) in [6.45, 7) is 1.75. The number of pyridine rings is 1. The summed E-state index contributed by atoms with van der Waals surface area (Å²) in [5.41, 5.74) is 2.28. The highest BCUT2D eigenvalue weighted by atomic mass is 16.5. The van der Waals surface area contributed by atoms with Crippen LogP contribution in [-0.4, -0.2) is 40.4 Å². The molecule has 2 heterocycles. The molecule has 1 N–H and O–H groups in total. The molecule has 0 aliphatic rings. The predicted molar refractivity (Wildman–Crippen MR) is 98.6 cm³/mol. The van der Waals surface area contributed by atoms with Gasteiger partial charge in [-0.15, -0.1) is 5.10 Å². The van der Waals surface area contributed by atoms with E-state index in [1.165, 1.54) is 7.11 Å². The molecule has 0 aliphatic heterocycles. The van der Waals surface area contributed by atoms with Gasteiger partial charge in [-0.3, -0.25) is 10.1 Å². The summed E-state index contributed by atoms with van der Waals surface area (Å²) in [5, 5.41) is 6.85. The number of nitrogens with zero attached hydrogens (tertiary/aromatic N) is 3. The van der Waals surface area contributed by atoms with Crippen LogP contribution in [0.2, 0.25) is 0 Å². The van der Waals surface area contributed by atoms with Gasteiger partial charge in [-0.05, 0) is 13.0 Å². The topological polar surface area (TPSA) is 95.3 Å². The number of hydrogen-bond acceptors (Lipinski definition) is 6. The molecule has 0 unspecified atom stereocenters. The maximum Gasteiger partial charge on any atom is 0.397 e. The van der Waals surface area contributed by atoms with E-state index in [1.54, 1.807) is 36.0 Å². The van der Waals surface area contributed by atoms with Crippen LogP contribution >= 0.6 is 0 Å². The number of anilines is 1. The summed E-state index contributed by atoms with van der Waals surface area (Å²) in [5.74, 6) is -1.14. The fraction of sp³-hybridized carbons (Fsp3) is 0.158. The first-order chi connectivity index (χ1) is 13.1. The molecule has 0 bridgehead atoms. The molecular formula is C19H18N4O4. The Morgan fingerprint density at radius 1 is 1.15 bits per heavy atom. The first kappa shape index (κ1) is 18.1. The van der Waals surface area contributed by atoms with Crippen LogP contribution in [0, 0.1) is 0 Å². The first-order valence-corrected chi connectivity index (χ1v) is 8.26. The molecule has 0 spiro atoms. The fourth-order valence-electron chi connectivity index (χ4n) is 2.44. The highest BCUT2D eigenvalue weighted by Crippen LogP contribution is 2.26. The van der Waals surface area contributed by atoms with Gasteiger partial charge in [0.25, 0.3) is 0 Å². The first-order valence-electron chi connectivity index (χ1n) is 8.26. The van der Waals surface area contributed by atoms with Gasteiger partial charge >= 0.3 is 11.9 Å². The summed E-state index contributed by atoms with van der Waals surface area (Å²) in [6, 6.07) is 14.7. The van der Waals surface area contributed by atoms with Gasteiger partial charge in [0, 0.05) is 17.7 Å². The van der Waals surface area contributed by atoms with Crippen molar-refractivity contribution in [3.63, 3.8) is 0 Å². The maximum absolute atomic E-state index is 11.9. The summed E-state index contributed by atoms with van der Waals surface area (Å²) < 4.78 is 11.4. The molecule has 2 aromatic heterocycles. The Morgan fingerprint density at radius 2 is 1.93 bits per heavy atom. The number of esters is 1. The van der Waals surface area contributed by atoms with E-state index in [1.807, 2.05) is 30.3 Å². The van der Waals surface area contributed by atoms with Crippen molar-refractivity contribution >= 4 is 17.7 Å². The molecule has 138 valence electrons. The van der Waals surface area contributed by atoms with E-state index in [9.17, 15) is 9.59 Å². The molecule has 0 fully saturated rings. The molecule has 27 heavy (non-hydrogen) atoms. The number of ether oxygens (including phenoxy) is 2. The van der Waals surface area contributed by atoms with Gasteiger partial charge in [0.05, 0.1) is 31.3 Å². The minimum atomic E-state index is -0.959. The number of methoxy groups -OCH3 is 1. The Labute approximate surface area is 155 Å². The lowest BCUT2D eigenvalue weighted by Crippen LogP contribution is -2.25. The predicted octanol–water partition coefficient (Wildman–Crippen LogP) is 2.44. The monoisotopic (exact) mass is 366 g/mol. The van der Waals surface area contributed by atoms with E-state index in [0.717, 1.165) is 11.3 Å². The van der Waals surface area contributed by atoms with Gasteiger partial charge < -0.3 is 9.47 Å². The van der Waals surface area contributed by atoms with Gasteiger partial charge in [-0.25, -0.2) is 14.5 Å². The Hall–Kier alpha value is -3.68. The molecule has 1 amide bonds. The van der Waals surface area contributed by atoms with Crippen molar-refractivity contribution in [2.75, 3.05) is 19.0 Å². The second-order valence-corrected chi connectivity index (χ2v) is 5.43. The van der Waals surface area contributed by atoms with Crippen molar-refractivity contribution in [1.29, 1.82) is 0 Å². The standard InChI is InChI=1S/C19H18N4O4/c1-3-27-19(25)18(24)21-16-11-15(13-7-5-4-6-8-13)23(22-16)14-9-10-17(26-2)20-12-14/h4-12H,3H2,1-2H3,(H,21,22,24). The number of carbonyl (C=O) groups excluding carboxylic acids is 2. The van der Waals surface area contributed by atoms with Crippen molar-refractivity contribution < 1.29 is 19.1 Å². The van der Waals surface area contributed by atoms with Crippen LogP contribution in [0.3, 0.4) is 0 Å². The van der Waals surface area contributed by atoms with Crippen LogP contribution < -0.4 is 10.1 Å². The van der Waals surface area contributed by atoms with E-state index in [-0.39, 0.29) is 12.4 Å². The number of nitrogens with one attached hydrogen (secondary N) is 1. The average molecular weight is 366 g/mol. The fourth-order valence-corrected chi connectivity index (χ4v) is 2.44. The summed E-state index contributed by atoms with van der Waals surface area (Å²) in [6.07, 6.45) is 1.61. The zero-order chi connectivity index (χ0) is 19.2. The molecule has 8 nitrogen and oxygen atoms in total. The minimum absolute atomic E-state index is 0.119. The minimum Gasteiger partial charge on any atom is -0.481 e. The number of rotatable bonds is 5. The van der Waals surface area contributed by atoms with E-state index < -0.39 is 11.9 Å². The van der Waals surface area contributed by atoms with Gasteiger partial charge in [-0.2, -0.15) is 0 Å². The third kappa shape index (κ3) is 4.12. The number of benzene rings is 1. The smallest absolute Gasteiger partial charge is 0.397 e. The molecule has 0 radical (unpaired) electrons. The van der Waals surface area contributed by atoms with E-state index in [4.69, 9.17) is 9.47 Å². The number of amides is 1. The maximum atomic E-state index is 11.9. The number of carbonyl (C=O) groups is 2. The van der Waals surface area contributed by atoms with Crippen LogP contribution in [0.5, 0.6) is 5.88 Å². The molecule has 1 aromatic carbocycles. The van der Waals surface area contributed by atoms with Crippen LogP contribution in [-0.2, 0) is 14.3 Å². The second-order valence-electron chi connectivity index (χ2n) is 5.43. The summed E-state index contributed by atoms with van der Waals surface area (Å²) in [7, 11) is 1.54. The SMILES string of the molecule is CCOC(=O)C(=O)Nc1cc(-c2ccccc2)n(-c2ccc(OC)nc2)n1. The lowest BCUT2D eigenvalue weighted by atomic mass is 10.1. The van der Waals surface area contributed by atoms with Crippen LogP contribution in [0.15, 0.2) is 54.7 Å². The van der Waals surface area contributed by atoms with E-state index in [0.29, 0.717) is 11.6 Å². The molecule has 8 heteroatoms. The largest absolute Gasteiger partial charge is 0.481 e. The van der Waals surface area contributed by atoms with Crippen LogP contribution in [0.4, 0.5) is 5.82 Å². The molecule has 0 aliphatic carbocycles. The van der Waals surface area contributed by atoms with Crippen LogP contribution in [0.1, 0.15) is 6.92 Å². The van der Waals surface area contributed by atoms with Gasteiger partial charge in [0.15, 0.2) is 5.82 Å². The van der Waals surface area contributed by atoms with Crippen molar-refractivity contribution in [3.05, 3.63) is 54.7 Å². The number of aromatic nitrogens is 3. The van der Waals surface area contributed by atoms with E-state index >= 15 is 0 Å². The molecule has 0 saturated heterocycles. The van der Waals surface area contributed by atoms with Crippen LogP contribution in [0.25, 0.3) is 16.9 Å². The van der Waals surface area contributed by atoms with Crippen molar-refractivity contribution in [1.82, 2.24) is 14.8 Å².